The molecule has 162 valence electrons. The minimum absolute atomic E-state index is 0.0534. The number of aromatic nitrogens is 1. The molecule has 0 atom stereocenters. The lowest BCUT2D eigenvalue weighted by molar-refractivity contribution is -0.384. The summed E-state index contributed by atoms with van der Waals surface area (Å²) >= 11 is 0. The zero-order chi connectivity index (χ0) is 23.1. The molecule has 1 aliphatic rings. The van der Waals surface area contributed by atoms with E-state index in [0.29, 0.717) is 5.57 Å². The van der Waals surface area contributed by atoms with Gasteiger partial charge in [0.2, 0.25) is 0 Å². The number of nitro groups is 1. The lowest BCUT2D eigenvalue weighted by Crippen LogP contribution is -2.20. The van der Waals surface area contributed by atoms with Crippen LogP contribution in [0.5, 0.6) is 0 Å². The van der Waals surface area contributed by atoms with Crippen molar-refractivity contribution in [2.75, 3.05) is 4.90 Å². The number of rotatable bonds is 4. The first-order valence-electron chi connectivity index (χ1n) is 10.6. The molecule has 3 aromatic carbocycles. The van der Waals surface area contributed by atoms with Gasteiger partial charge in [-0.05, 0) is 61.9 Å². The van der Waals surface area contributed by atoms with Gasteiger partial charge in [-0.15, -0.1) is 0 Å². The number of carbonyl (C=O) groups is 1. The Labute approximate surface area is 191 Å². The Kier molecular flexibility index (Phi) is 4.90. The normalized spacial score (nSPS) is 14.1. The fraction of sp³-hybridized carbons (Fsp3) is 0.0741. The van der Waals surface area contributed by atoms with Crippen LogP contribution in [-0.2, 0) is 4.79 Å². The number of aryl methyl sites for hydroxylation is 1. The number of benzene rings is 3. The molecule has 0 saturated heterocycles. The van der Waals surface area contributed by atoms with Crippen molar-refractivity contribution < 1.29 is 9.72 Å². The van der Waals surface area contributed by atoms with Gasteiger partial charge in [0.15, 0.2) is 0 Å². The van der Waals surface area contributed by atoms with Gasteiger partial charge >= 0.3 is 0 Å². The van der Waals surface area contributed by atoms with Gasteiger partial charge in [-0.1, -0.05) is 36.4 Å². The fourth-order valence-electron chi connectivity index (χ4n) is 4.42. The van der Waals surface area contributed by atoms with E-state index in [0.717, 1.165) is 39.6 Å². The molecule has 0 saturated carbocycles. The Morgan fingerprint density at radius 1 is 0.848 bits per heavy atom. The Morgan fingerprint density at radius 3 is 2.21 bits per heavy atom. The van der Waals surface area contributed by atoms with Crippen LogP contribution in [-0.4, -0.2) is 15.4 Å². The Balaban J connectivity index is 1.59. The van der Waals surface area contributed by atoms with Crippen molar-refractivity contribution in [1.29, 1.82) is 0 Å². The molecule has 6 heteroatoms. The number of non-ortho nitro benzene ring substituents is 1. The van der Waals surface area contributed by atoms with Gasteiger partial charge < -0.3 is 4.57 Å². The molecular formula is C27H21N3O3. The summed E-state index contributed by atoms with van der Waals surface area (Å²) in [6.07, 6.45) is 1.94. The number of para-hydroxylation sites is 2. The third-order valence-electron chi connectivity index (χ3n) is 5.97. The summed E-state index contributed by atoms with van der Waals surface area (Å²) in [5.74, 6) is -0.0671. The molecule has 33 heavy (non-hydrogen) atoms. The van der Waals surface area contributed by atoms with E-state index in [4.69, 9.17) is 0 Å². The number of nitro benzene ring substituents is 1. The lowest BCUT2D eigenvalue weighted by Gasteiger charge is -2.16. The summed E-state index contributed by atoms with van der Waals surface area (Å²) in [6.45, 7) is 3.97. The van der Waals surface area contributed by atoms with Gasteiger partial charge in [-0.2, -0.15) is 0 Å². The average Bonchev–Trinajstić information content (AvgIpc) is 3.27. The lowest BCUT2D eigenvalue weighted by atomic mass is 10.0. The Hall–Kier alpha value is -4.45. The number of nitrogens with zero attached hydrogens (tertiary/aromatic N) is 3. The Bertz CT molecular complexity index is 1420. The van der Waals surface area contributed by atoms with E-state index in [1.54, 1.807) is 17.0 Å². The first kappa shape index (κ1) is 20.5. The maximum atomic E-state index is 13.5. The van der Waals surface area contributed by atoms with Crippen LogP contribution in [0.4, 0.5) is 17.1 Å². The standard InChI is InChI=1S/C27H21N3O3/c1-18-16-20(19(2)28(18)22-12-14-23(15-13-22)30(32)33)17-25-24-10-6-7-11-26(24)29(27(25)31)21-8-4-3-5-9-21/h3-17H,1-2H3/b25-17+. The molecule has 0 fully saturated rings. The number of hydrogen-bond donors (Lipinski definition) is 0. The van der Waals surface area contributed by atoms with Crippen LogP contribution < -0.4 is 4.90 Å². The predicted octanol–water partition coefficient (Wildman–Crippen LogP) is 6.22. The first-order chi connectivity index (χ1) is 16.0. The minimum Gasteiger partial charge on any atom is -0.318 e. The largest absolute Gasteiger partial charge is 0.318 e. The highest BCUT2D eigenvalue weighted by Gasteiger charge is 2.33. The fourth-order valence-corrected chi connectivity index (χ4v) is 4.42. The quantitative estimate of drug-likeness (QED) is 0.217. The van der Waals surface area contributed by atoms with Crippen LogP contribution in [0.1, 0.15) is 22.5 Å². The average molecular weight is 435 g/mol. The number of fused-ring (bicyclic) bond motifs is 1. The number of amides is 1. The zero-order valence-electron chi connectivity index (χ0n) is 18.2. The molecule has 0 N–H and O–H groups in total. The molecule has 0 spiro atoms. The third kappa shape index (κ3) is 3.42. The summed E-state index contributed by atoms with van der Waals surface area (Å²) in [7, 11) is 0. The summed E-state index contributed by atoms with van der Waals surface area (Å²) in [4.78, 5) is 25.9. The van der Waals surface area contributed by atoms with E-state index >= 15 is 0 Å². The summed E-state index contributed by atoms with van der Waals surface area (Å²) < 4.78 is 2.04. The second-order valence-electron chi connectivity index (χ2n) is 7.99. The molecule has 1 aromatic heterocycles. The van der Waals surface area contributed by atoms with Crippen LogP contribution in [0.2, 0.25) is 0 Å². The van der Waals surface area contributed by atoms with E-state index in [-0.39, 0.29) is 11.6 Å². The van der Waals surface area contributed by atoms with Gasteiger partial charge in [0.25, 0.3) is 11.6 Å². The molecule has 0 aliphatic carbocycles. The van der Waals surface area contributed by atoms with Crippen molar-refractivity contribution in [1.82, 2.24) is 4.57 Å². The van der Waals surface area contributed by atoms with Gasteiger partial charge in [0.05, 0.1) is 16.2 Å². The highest BCUT2D eigenvalue weighted by molar-refractivity contribution is 6.38. The molecular weight excluding hydrogens is 414 g/mol. The van der Waals surface area contributed by atoms with Crippen molar-refractivity contribution in [2.45, 2.75) is 13.8 Å². The molecule has 4 aromatic rings. The number of anilines is 2. The number of hydrogen-bond acceptors (Lipinski definition) is 3. The smallest absolute Gasteiger partial charge is 0.269 e. The van der Waals surface area contributed by atoms with Crippen molar-refractivity contribution in [2.24, 2.45) is 0 Å². The SMILES string of the molecule is Cc1cc(/C=C2/C(=O)N(c3ccccc3)c3ccccc32)c(C)n1-c1ccc([N+](=O)[O-])cc1. The van der Waals surface area contributed by atoms with Crippen molar-refractivity contribution in [3.05, 3.63) is 118 Å². The molecule has 6 nitrogen and oxygen atoms in total. The molecule has 5 rings (SSSR count). The van der Waals surface area contributed by atoms with E-state index in [1.165, 1.54) is 12.1 Å². The molecule has 2 heterocycles. The van der Waals surface area contributed by atoms with Crippen LogP contribution in [0.25, 0.3) is 17.3 Å². The van der Waals surface area contributed by atoms with E-state index in [9.17, 15) is 14.9 Å². The predicted molar refractivity (Wildman–Crippen MR) is 130 cm³/mol. The molecule has 1 aliphatic heterocycles. The van der Waals surface area contributed by atoms with Crippen molar-refractivity contribution in [3.63, 3.8) is 0 Å². The second kappa shape index (κ2) is 7.91. The minimum atomic E-state index is -0.406. The summed E-state index contributed by atoms with van der Waals surface area (Å²) in [5, 5.41) is 11.0. The molecule has 1 amide bonds. The third-order valence-corrected chi connectivity index (χ3v) is 5.97. The molecule has 0 radical (unpaired) electrons. The number of carbonyl (C=O) groups excluding carboxylic acids is 1. The van der Waals surface area contributed by atoms with Gasteiger partial charge in [0.1, 0.15) is 0 Å². The van der Waals surface area contributed by atoms with Gasteiger partial charge in [0, 0.05) is 40.5 Å². The van der Waals surface area contributed by atoms with E-state index in [2.05, 4.69) is 0 Å². The van der Waals surface area contributed by atoms with Gasteiger partial charge in [-0.25, -0.2) is 0 Å². The highest BCUT2D eigenvalue weighted by atomic mass is 16.6. The van der Waals surface area contributed by atoms with E-state index < -0.39 is 4.92 Å². The van der Waals surface area contributed by atoms with Crippen molar-refractivity contribution in [3.8, 4) is 5.69 Å². The van der Waals surface area contributed by atoms with Crippen LogP contribution >= 0.6 is 0 Å². The first-order valence-corrected chi connectivity index (χ1v) is 10.6. The maximum Gasteiger partial charge on any atom is 0.269 e. The van der Waals surface area contributed by atoms with Crippen LogP contribution in [0.15, 0.2) is 84.9 Å². The zero-order valence-corrected chi connectivity index (χ0v) is 18.2. The van der Waals surface area contributed by atoms with Crippen LogP contribution in [0.3, 0.4) is 0 Å². The molecule has 0 unspecified atom stereocenters. The summed E-state index contributed by atoms with van der Waals surface area (Å²) in [6, 6.07) is 25.9. The topological polar surface area (TPSA) is 68.4 Å². The van der Waals surface area contributed by atoms with Crippen molar-refractivity contribution >= 4 is 34.6 Å². The second-order valence-corrected chi connectivity index (χ2v) is 7.99. The van der Waals surface area contributed by atoms with Crippen LogP contribution in [0, 0.1) is 24.0 Å². The highest BCUT2D eigenvalue weighted by Crippen LogP contribution is 2.42. The van der Waals surface area contributed by atoms with E-state index in [1.807, 2.05) is 85.2 Å². The van der Waals surface area contributed by atoms with Gasteiger partial charge in [-0.3, -0.25) is 19.8 Å². The Morgan fingerprint density at radius 2 is 1.52 bits per heavy atom. The maximum absolute atomic E-state index is 13.5. The molecule has 0 bridgehead atoms. The monoisotopic (exact) mass is 435 g/mol. The summed E-state index contributed by atoms with van der Waals surface area (Å²) in [5.41, 5.74) is 6.98.